The number of rotatable bonds is 4. The van der Waals surface area contributed by atoms with Gasteiger partial charge in [-0.05, 0) is 35.9 Å². The molecular weight excluding hydrogens is 323 g/mol. The molecule has 0 aliphatic heterocycles. The highest BCUT2D eigenvalue weighted by molar-refractivity contribution is 6.39. The molecule has 2 aromatic carbocycles. The SMILES string of the molecule is COc1ccc(CNC(=O)C(=O)Nc2ccc(F)c(Cl)c2)cc1. The number of carbonyl (C=O) groups excluding carboxylic acids is 2. The fraction of sp³-hybridized carbons (Fsp3) is 0.125. The van der Waals surface area contributed by atoms with Crippen LogP contribution in [0.1, 0.15) is 5.56 Å². The maximum Gasteiger partial charge on any atom is 0.313 e. The van der Waals surface area contributed by atoms with Crippen LogP contribution in [0.15, 0.2) is 42.5 Å². The summed E-state index contributed by atoms with van der Waals surface area (Å²) < 4.78 is 18.1. The Morgan fingerprint density at radius 2 is 1.83 bits per heavy atom. The summed E-state index contributed by atoms with van der Waals surface area (Å²) in [6, 6.07) is 10.7. The first-order chi connectivity index (χ1) is 11.0. The molecule has 0 spiro atoms. The third kappa shape index (κ3) is 4.69. The van der Waals surface area contributed by atoms with E-state index in [1.165, 1.54) is 12.1 Å². The summed E-state index contributed by atoms with van der Waals surface area (Å²) in [6.45, 7) is 0.195. The molecule has 0 saturated heterocycles. The first kappa shape index (κ1) is 16.8. The molecule has 2 amide bonds. The Morgan fingerprint density at radius 1 is 1.13 bits per heavy atom. The molecule has 0 radical (unpaired) electrons. The fourth-order valence-corrected chi connectivity index (χ4v) is 1.95. The van der Waals surface area contributed by atoms with Gasteiger partial charge in [0.05, 0.1) is 12.1 Å². The lowest BCUT2D eigenvalue weighted by Crippen LogP contribution is -2.34. The van der Waals surface area contributed by atoms with Crippen LogP contribution < -0.4 is 15.4 Å². The monoisotopic (exact) mass is 336 g/mol. The summed E-state index contributed by atoms with van der Waals surface area (Å²) in [4.78, 5) is 23.5. The van der Waals surface area contributed by atoms with Crippen molar-refractivity contribution in [2.75, 3.05) is 12.4 Å². The number of anilines is 1. The number of hydrogen-bond acceptors (Lipinski definition) is 3. The van der Waals surface area contributed by atoms with Crippen molar-refractivity contribution in [1.29, 1.82) is 0 Å². The summed E-state index contributed by atoms with van der Waals surface area (Å²) in [5, 5.41) is 4.69. The van der Waals surface area contributed by atoms with Crippen LogP contribution in [-0.4, -0.2) is 18.9 Å². The molecule has 0 heterocycles. The van der Waals surface area contributed by atoms with E-state index in [1.54, 1.807) is 31.4 Å². The van der Waals surface area contributed by atoms with Crippen molar-refractivity contribution in [3.63, 3.8) is 0 Å². The van der Waals surface area contributed by atoms with E-state index in [0.29, 0.717) is 5.75 Å². The molecule has 2 rings (SSSR count). The summed E-state index contributed by atoms with van der Waals surface area (Å²) >= 11 is 5.61. The van der Waals surface area contributed by atoms with Crippen molar-refractivity contribution in [1.82, 2.24) is 5.32 Å². The van der Waals surface area contributed by atoms with Gasteiger partial charge in [0.15, 0.2) is 0 Å². The number of nitrogens with one attached hydrogen (secondary N) is 2. The van der Waals surface area contributed by atoms with Gasteiger partial charge in [0, 0.05) is 12.2 Å². The zero-order valence-corrected chi connectivity index (χ0v) is 13.0. The Morgan fingerprint density at radius 3 is 2.43 bits per heavy atom. The first-order valence-corrected chi connectivity index (χ1v) is 7.04. The second-order valence-electron chi connectivity index (χ2n) is 4.61. The number of halogens is 2. The number of carbonyl (C=O) groups is 2. The lowest BCUT2D eigenvalue weighted by Gasteiger charge is -2.08. The maximum absolute atomic E-state index is 13.0. The highest BCUT2D eigenvalue weighted by Crippen LogP contribution is 2.19. The van der Waals surface area contributed by atoms with Crippen molar-refractivity contribution in [3.8, 4) is 5.75 Å². The van der Waals surface area contributed by atoms with Gasteiger partial charge >= 0.3 is 11.8 Å². The van der Waals surface area contributed by atoms with E-state index in [0.717, 1.165) is 11.6 Å². The van der Waals surface area contributed by atoms with Crippen LogP contribution in [-0.2, 0) is 16.1 Å². The predicted molar refractivity (Wildman–Crippen MR) is 84.9 cm³/mol. The van der Waals surface area contributed by atoms with Crippen LogP contribution in [0, 0.1) is 5.82 Å². The van der Waals surface area contributed by atoms with E-state index >= 15 is 0 Å². The van der Waals surface area contributed by atoms with Crippen LogP contribution in [0.25, 0.3) is 0 Å². The van der Waals surface area contributed by atoms with Crippen LogP contribution in [0.4, 0.5) is 10.1 Å². The number of benzene rings is 2. The largest absolute Gasteiger partial charge is 0.497 e. The van der Waals surface area contributed by atoms with Gasteiger partial charge < -0.3 is 15.4 Å². The van der Waals surface area contributed by atoms with Crippen molar-refractivity contribution in [2.45, 2.75) is 6.54 Å². The van der Waals surface area contributed by atoms with Gasteiger partial charge in [-0.1, -0.05) is 23.7 Å². The zero-order chi connectivity index (χ0) is 16.8. The molecule has 0 atom stereocenters. The molecule has 7 heteroatoms. The Balaban J connectivity index is 1.89. The average molecular weight is 337 g/mol. The van der Waals surface area contributed by atoms with Gasteiger partial charge in [-0.15, -0.1) is 0 Å². The summed E-state index contributed by atoms with van der Waals surface area (Å²) in [5.41, 5.74) is 1.05. The third-order valence-electron chi connectivity index (χ3n) is 3.00. The Bertz CT molecular complexity index is 720. The van der Waals surface area contributed by atoms with E-state index in [2.05, 4.69) is 10.6 Å². The molecule has 0 aliphatic rings. The summed E-state index contributed by atoms with van der Waals surface area (Å²) in [6.07, 6.45) is 0. The van der Waals surface area contributed by atoms with Gasteiger partial charge in [0.25, 0.3) is 0 Å². The standard InChI is InChI=1S/C16H14ClFN2O3/c1-23-12-5-2-10(3-6-12)9-19-15(21)16(22)20-11-4-7-14(18)13(17)8-11/h2-8H,9H2,1H3,(H,19,21)(H,20,22). The van der Waals surface area contributed by atoms with E-state index in [1.807, 2.05) is 0 Å². The van der Waals surface area contributed by atoms with E-state index in [-0.39, 0.29) is 17.3 Å². The Kier molecular flexibility index (Phi) is 5.54. The van der Waals surface area contributed by atoms with Gasteiger partial charge in [-0.25, -0.2) is 4.39 Å². The fourth-order valence-electron chi connectivity index (χ4n) is 1.77. The lowest BCUT2D eigenvalue weighted by molar-refractivity contribution is -0.136. The van der Waals surface area contributed by atoms with Crippen molar-refractivity contribution in [3.05, 3.63) is 58.9 Å². The van der Waals surface area contributed by atoms with Gasteiger partial charge in [-0.3, -0.25) is 9.59 Å². The van der Waals surface area contributed by atoms with Crippen molar-refractivity contribution in [2.24, 2.45) is 0 Å². The van der Waals surface area contributed by atoms with Gasteiger partial charge in [0.2, 0.25) is 0 Å². The first-order valence-electron chi connectivity index (χ1n) is 6.67. The molecule has 0 unspecified atom stereocenters. The molecule has 2 N–H and O–H groups in total. The number of amides is 2. The molecule has 5 nitrogen and oxygen atoms in total. The van der Waals surface area contributed by atoms with Crippen LogP contribution >= 0.6 is 11.6 Å². The summed E-state index contributed by atoms with van der Waals surface area (Å²) in [7, 11) is 1.56. The minimum atomic E-state index is -0.860. The number of ether oxygens (including phenoxy) is 1. The van der Waals surface area contributed by atoms with Crippen LogP contribution in [0.5, 0.6) is 5.75 Å². The molecule has 0 fully saturated rings. The van der Waals surface area contributed by atoms with E-state index in [4.69, 9.17) is 16.3 Å². The lowest BCUT2D eigenvalue weighted by atomic mass is 10.2. The molecule has 0 aliphatic carbocycles. The Hall–Kier alpha value is -2.60. The molecule has 23 heavy (non-hydrogen) atoms. The van der Waals surface area contributed by atoms with Crippen LogP contribution in [0.2, 0.25) is 5.02 Å². The molecular formula is C16H14ClFN2O3. The minimum absolute atomic E-state index is 0.138. The average Bonchev–Trinajstić information content (AvgIpc) is 2.56. The van der Waals surface area contributed by atoms with Gasteiger partial charge in [-0.2, -0.15) is 0 Å². The number of methoxy groups -OCH3 is 1. The quantitative estimate of drug-likeness (QED) is 0.844. The smallest absolute Gasteiger partial charge is 0.313 e. The molecule has 0 bridgehead atoms. The second kappa shape index (κ2) is 7.60. The molecule has 0 aromatic heterocycles. The molecule has 120 valence electrons. The Labute approximate surface area is 137 Å². The highest BCUT2D eigenvalue weighted by atomic mass is 35.5. The number of hydrogen-bond donors (Lipinski definition) is 2. The minimum Gasteiger partial charge on any atom is -0.497 e. The second-order valence-corrected chi connectivity index (χ2v) is 5.02. The van der Waals surface area contributed by atoms with Gasteiger partial charge in [0.1, 0.15) is 11.6 Å². The van der Waals surface area contributed by atoms with E-state index < -0.39 is 17.6 Å². The topological polar surface area (TPSA) is 67.4 Å². The molecule has 2 aromatic rings. The maximum atomic E-state index is 13.0. The zero-order valence-electron chi connectivity index (χ0n) is 12.2. The van der Waals surface area contributed by atoms with E-state index in [9.17, 15) is 14.0 Å². The van der Waals surface area contributed by atoms with Crippen LogP contribution in [0.3, 0.4) is 0 Å². The normalized spacial score (nSPS) is 10.0. The predicted octanol–water partition coefficient (Wildman–Crippen LogP) is 2.74. The van der Waals surface area contributed by atoms with Crippen molar-refractivity contribution >= 4 is 29.1 Å². The summed E-state index contributed by atoms with van der Waals surface area (Å²) in [5.74, 6) is -1.57. The van der Waals surface area contributed by atoms with Crippen molar-refractivity contribution < 1.29 is 18.7 Å². The highest BCUT2D eigenvalue weighted by Gasteiger charge is 2.14. The third-order valence-corrected chi connectivity index (χ3v) is 3.29. The molecule has 0 saturated carbocycles.